The summed E-state index contributed by atoms with van der Waals surface area (Å²) < 4.78 is 27.0. The van der Waals surface area contributed by atoms with E-state index in [1.807, 2.05) is 6.92 Å². The van der Waals surface area contributed by atoms with Crippen LogP contribution in [0.1, 0.15) is 24.8 Å². The molecular formula is C14H23N3O2S. The number of nitrogens with zero attached hydrogens (tertiary/aromatic N) is 1. The maximum absolute atomic E-state index is 12.2. The molecular weight excluding hydrogens is 274 g/mol. The first-order chi connectivity index (χ1) is 9.47. The van der Waals surface area contributed by atoms with Crippen molar-refractivity contribution in [3.05, 3.63) is 23.8 Å². The van der Waals surface area contributed by atoms with E-state index in [9.17, 15) is 8.42 Å². The average molecular weight is 297 g/mol. The van der Waals surface area contributed by atoms with Crippen LogP contribution in [0.3, 0.4) is 0 Å². The summed E-state index contributed by atoms with van der Waals surface area (Å²) in [6.07, 6.45) is 3.70. The third kappa shape index (κ3) is 4.19. The molecule has 6 heteroatoms. The number of nitrogens with two attached hydrogens (primary N) is 1. The molecule has 0 atom stereocenters. The summed E-state index contributed by atoms with van der Waals surface area (Å²) in [5.41, 5.74) is 7.02. The van der Waals surface area contributed by atoms with Crippen LogP contribution >= 0.6 is 0 Å². The van der Waals surface area contributed by atoms with Gasteiger partial charge in [-0.2, -0.15) is 0 Å². The minimum absolute atomic E-state index is 0.244. The van der Waals surface area contributed by atoms with E-state index in [0.29, 0.717) is 12.2 Å². The second kappa shape index (κ2) is 6.56. The molecule has 0 amide bonds. The standard InChI is InChI=1S/C14H23N3O2S/c1-12-9-13(15)11-14(10-12)20(18,19)16-5-8-17-6-3-2-4-7-17/h9-11,16H,2-8,15H2,1H3. The molecule has 20 heavy (non-hydrogen) atoms. The number of nitrogens with one attached hydrogen (secondary N) is 1. The Morgan fingerprint density at radius 3 is 2.55 bits per heavy atom. The van der Waals surface area contributed by atoms with E-state index >= 15 is 0 Å². The van der Waals surface area contributed by atoms with Gasteiger partial charge in [-0.1, -0.05) is 6.42 Å². The first-order valence-electron chi connectivity index (χ1n) is 7.06. The number of anilines is 1. The molecule has 1 heterocycles. The van der Waals surface area contributed by atoms with Crippen molar-refractivity contribution < 1.29 is 8.42 Å². The molecule has 0 aromatic heterocycles. The van der Waals surface area contributed by atoms with E-state index in [4.69, 9.17) is 5.73 Å². The molecule has 0 aliphatic carbocycles. The van der Waals surface area contributed by atoms with Gasteiger partial charge in [0.1, 0.15) is 0 Å². The zero-order chi connectivity index (χ0) is 14.6. The predicted octanol–water partition coefficient (Wildman–Crippen LogP) is 1.34. The number of hydrogen-bond donors (Lipinski definition) is 2. The summed E-state index contributed by atoms with van der Waals surface area (Å²) in [5.74, 6) is 0. The normalized spacial score (nSPS) is 17.2. The summed E-state index contributed by atoms with van der Waals surface area (Å²) in [4.78, 5) is 2.55. The van der Waals surface area contributed by atoms with E-state index < -0.39 is 10.0 Å². The molecule has 0 radical (unpaired) electrons. The molecule has 0 spiro atoms. The van der Waals surface area contributed by atoms with Crippen LogP contribution in [0.5, 0.6) is 0 Å². The Labute approximate surface area is 121 Å². The minimum atomic E-state index is -3.46. The van der Waals surface area contributed by atoms with Gasteiger partial charge in [-0.05, 0) is 56.6 Å². The van der Waals surface area contributed by atoms with E-state index in [2.05, 4.69) is 9.62 Å². The van der Waals surface area contributed by atoms with E-state index in [-0.39, 0.29) is 4.90 Å². The van der Waals surface area contributed by atoms with E-state index in [0.717, 1.165) is 25.2 Å². The zero-order valence-electron chi connectivity index (χ0n) is 11.9. The van der Waals surface area contributed by atoms with Crippen LogP contribution in [0.15, 0.2) is 23.1 Å². The van der Waals surface area contributed by atoms with E-state index in [1.165, 1.54) is 25.3 Å². The highest BCUT2D eigenvalue weighted by atomic mass is 32.2. The summed E-state index contributed by atoms with van der Waals surface area (Å²) >= 11 is 0. The molecule has 1 aliphatic heterocycles. The van der Waals surface area contributed by atoms with Gasteiger partial charge in [0.05, 0.1) is 4.90 Å². The maximum atomic E-state index is 12.2. The van der Waals surface area contributed by atoms with Crippen LogP contribution in [0.25, 0.3) is 0 Å². The molecule has 5 nitrogen and oxygen atoms in total. The lowest BCUT2D eigenvalue weighted by Gasteiger charge is -2.26. The fraction of sp³-hybridized carbons (Fsp3) is 0.571. The quantitative estimate of drug-likeness (QED) is 0.804. The number of rotatable bonds is 5. The van der Waals surface area contributed by atoms with Gasteiger partial charge in [-0.3, -0.25) is 0 Å². The lowest BCUT2D eigenvalue weighted by Crippen LogP contribution is -2.37. The molecule has 1 fully saturated rings. The van der Waals surface area contributed by atoms with Gasteiger partial charge in [-0.25, -0.2) is 13.1 Å². The molecule has 112 valence electrons. The average Bonchev–Trinajstić information content (AvgIpc) is 2.38. The van der Waals surface area contributed by atoms with Gasteiger partial charge in [0.15, 0.2) is 0 Å². The summed E-state index contributed by atoms with van der Waals surface area (Å²) in [7, 11) is -3.46. The minimum Gasteiger partial charge on any atom is -0.399 e. The molecule has 1 aliphatic rings. The number of hydrogen-bond acceptors (Lipinski definition) is 4. The molecule has 0 saturated carbocycles. The van der Waals surface area contributed by atoms with Crippen LogP contribution in [0.4, 0.5) is 5.69 Å². The summed E-state index contributed by atoms with van der Waals surface area (Å²) in [6, 6.07) is 4.89. The largest absolute Gasteiger partial charge is 0.399 e. The van der Waals surface area contributed by atoms with Crippen LogP contribution in [-0.4, -0.2) is 39.5 Å². The highest BCUT2D eigenvalue weighted by Gasteiger charge is 2.16. The Morgan fingerprint density at radius 1 is 1.20 bits per heavy atom. The van der Waals surface area contributed by atoms with Crippen LogP contribution in [-0.2, 0) is 10.0 Å². The Balaban J connectivity index is 1.93. The Kier molecular flexibility index (Phi) is 5.01. The third-order valence-electron chi connectivity index (χ3n) is 3.55. The van der Waals surface area contributed by atoms with Crippen molar-refractivity contribution in [1.82, 2.24) is 9.62 Å². The van der Waals surface area contributed by atoms with Crippen molar-refractivity contribution in [2.75, 3.05) is 31.9 Å². The topological polar surface area (TPSA) is 75.4 Å². The van der Waals surface area contributed by atoms with Crippen LogP contribution in [0.2, 0.25) is 0 Å². The fourth-order valence-corrected chi connectivity index (χ4v) is 3.70. The van der Waals surface area contributed by atoms with Gasteiger partial charge < -0.3 is 10.6 Å². The second-order valence-corrected chi connectivity index (χ2v) is 7.15. The SMILES string of the molecule is Cc1cc(N)cc(S(=O)(=O)NCCN2CCCCC2)c1. The molecule has 1 aromatic rings. The number of nitrogen functional groups attached to an aromatic ring is 1. The zero-order valence-corrected chi connectivity index (χ0v) is 12.7. The Hall–Kier alpha value is -1.11. The second-order valence-electron chi connectivity index (χ2n) is 5.38. The van der Waals surface area contributed by atoms with Gasteiger partial charge in [0.25, 0.3) is 0 Å². The van der Waals surface area contributed by atoms with Crippen molar-refractivity contribution in [2.24, 2.45) is 0 Å². The van der Waals surface area contributed by atoms with Crippen molar-refractivity contribution in [3.63, 3.8) is 0 Å². The smallest absolute Gasteiger partial charge is 0.240 e. The van der Waals surface area contributed by atoms with Crippen molar-refractivity contribution in [1.29, 1.82) is 0 Å². The lowest BCUT2D eigenvalue weighted by molar-refractivity contribution is 0.233. The Morgan fingerprint density at radius 2 is 1.90 bits per heavy atom. The molecule has 1 aromatic carbocycles. The van der Waals surface area contributed by atoms with Crippen LogP contribution < -0.4 is 10.5 Å². The van der Waals surface area contributed by atoms with Crippen molar-refractivity contribution in [3.8, 4) is 0 Å². The van der Waals surface area contributed by atoms with Gasteiger partial charge in [0, 0.05) is 18.8 Å². The molecule has 1 saturated heterocycles. The van der Waals surface area contributed by atoms with Gasteiger partial charge >= 0.3 is 0 Å². The number of sulfonamides is 1. The van der Waals surface area contributed by atoms with E-state index in [1.54, 1.807) is 12.1 Å². The molecule has 0 bridgehead atoms. The van der Waals surface area contributed by atoms with Crippen molar-refractivity contribution >= 4 is 15.7 Å². The number of benzene rings is 1. The number of likely N-dealkylation sites (tertiary alicyclic amines) is 1. The summed E-state index contributed by atoms with van der Waals surface area (Å²) in [5, 5.41) is 0. The third-order valence-corrected chi connectivity index (χ3v) is 4.99. The lowest BCUT2D eigenvalue weighted by atomic mass is 10.1. The number of piperidine rings is 1. The monoisotopic (exact) mass is 297 g/mol. The Bertz CT molecular complexity index is 531. The summed E-state index contributed by atoms with van der Waals surface area (Å²) in [6.45, 7) is 5.18. The van der Waals surface area contributed by atoms with Gasteiger partial charge in [-0.15, -0.1) is 0 Å². The fourth-order valence-electron chi connectivity index (χ4n) is 2.54. The highest BCUT2D eigenvalue weighted by Crippen LogP contribution is 2.16. The highest BCUT2D eigenvalue weighted by molar-refractivity contribution is 7.89. The van der Waals surface area contributed by atoms with Gasteiger partial charge in [0.2, 0.25) is 10.0 Å². The predicted molar refractivity (Wildman–Crippen MR) is 81.1 cm³/mol. The molecule has 2 rings (SSSR count). The first kappa shape index (κ1) is 15.3. The van der Waals surface area contributed by atoms with Crippen molar-refractivity contribution in [2.45, 2.75) is 31.1 Å². The molecule has 0 unspecified atom stereocenters. The maximum Gasteiger partial charge on any atom is 0.240 e. The first-order valence-corrected chi connectivity index (χ1v) is 8.55. The number of aryl methyl sites for hydroxylation is 1. The molecule has 3 N–H and O–H groups in total. The van der Waals surface area contributed by atoms with Crippen LogP contribution in [0, 0.1) is 6.92 Å².